The number of benzene rings is 4. The molecule has 0 radical (unpaired) electrons. The minimum Gasteiger partial charge on any atom is -0.493 e. The Morgan fingerprint density at radius 2 is 1.64 bits per heavy atom. The lowest BCUT2D eigenvalue weighted by Gasteiger charge is -2.27. The molecule has 1 aliphatic heterocycles. The first-order valence-electron chi connectivity index (χ1n) is 15.8. The van der Waals surface area contributed by atoms with Crippen LogP contribution < -0.4 is 14.2 Å². The van der Waals surface area contributed by atoms with Gasteiger partial charge in [0.15, 0.2) is 11.5 Å². The molecular weight excluding hydrogens is 652 g/mol. The summed E-state index contributed by atoms with van der Waals surface area (Å²) in [6, 6.07) is 32.1. The summed E-state index contributed by atoms with van der Waals surface area (Å²) in [4.78, 5) is 28.6. The summed E-state index contributed by atoms with van der Waals surface area (Å²) in [5.41, 5.74) is 4.90. The van der Waals surface area contributed by atoms with Gasteiger partial charge in [0, 0.05) is 40.0 Å². The van der Waals surface area contributed by atoms with Crippen LogP contribution in [0.1, 0.15) is 23.6 Å². The molecule has 250 valence electrons. The summed E-state index contributed by atoms with van der Waals surface area (Å²) < 4.78 is 18.6. The van der Waals surface area contributed by atoms with Crippen LogP contribution >= 0.6 is 11.6 Å². The van der Waals surface area contributed by atoms with Crippen molar-refractivity contribution in [3.8, 4) is 40.3 Å². The van der Waals surface area contributed by atoms with E-state index in [2.05, 4.69) is 0 Å². The highest BCUT2D eigenvalue weighted by atomic mass is 35.5. The van der Waals surface area contributed by atoms with Crippen LogP contribution in [-0.4, -0.2) is 47.3 Å². The fraction of sp³-hybridized carbons (Fsp3) is 0.150. The van der Waals surface area contributed by atoms with E-state index in [-0.39, 0.29) is 24.3 Å². The third-order valence-corrected chi connectivity index (χ3v) is 8.79. The Labute approximate surface area is 295 Å². The van der Waals surface area contributed by atoms with E-state index in [4.69, 9.17) is 30.9 Å². The maximum absolute atomic E-state index is 14.1. The molecular formula is C40H33ClN4O5. The molecule has 10 heteroatoms. The summed E-state index contributed by atoms with van der Waals surface area (Å²) >= 11 is 6.35. The van der Waals surface area contributed by atoms with E-state index >= 15 is 0 Å². The van der Waals surface area contributed by atoms with Crippen molar-refractivity contribution in [2.45, 2.75) is 20.0 Å². The zero-order chi connectivity index (χ0) is 35.2. The SMILES string of the molecule is COc1ccc(CCN2C(=O)C(C#N)=C(C)/C(=C\c3cn(-c4ccccc4)nc3-c3cccc(OCc4ccccc4Cl)c3)C2=O)cc1OC. The molecule has 0 bridgehead atoms. The van der Waals surface area contributed by atoms with E-state index in [9.17, 15) is 14.9 Å². The Bertz CT molecular complexity index is 2180. The highest BCUT2D eigenvalue weighted by Crippen LogP contribution is 2.33. The Hall–Kier alpha value is -6.11. The van der Waals surface area contributed by atoms with E-state index < -0.39 is 11.8 Å². The van der Waals surface area contributed by atoms with Crippen LogP contribution in [0.25, 0.3) is 23.0 Å². The minimum absolute atomic E-state index is 0.0594. The first-order chi connectivity index (χ1) is 24.3. The van der Waals surface area contributed by atoms with E-state index in [1.165, 1.54) is 0 Å². The molecule has 1 aliphatic rings. The number of methoxy groups -OCH3 is 2. The Morgan fingerprint density at radius 3 is 2.38 bits per heavy atom. The molecule has 0 atom stereocenters. The van der Waals surface area contributed by atoms with Crippen molar-refractivity contribution >= 4 is 29.5 Å². The normalized spacial score (nSPS) is 13.8. The van der Waals surface area contributed by atoms with Gasteiger partial charge in [0.25, 0.3) is 11.8 Å². The van der Waals surface area contributed by atoms with Gasteiger partial charge in [-0.25, -0.2) is 4.68 Å². The van der Waals surface area contributed by atoms with Crippen molar-refractivity contribution in [1.29, 1.82) is 5.26 Å². The first-order valence-corrected chi connectivity index (χ1v) is 16.2. The predicted octanol–water partition coefficient (Wildman–Crippen LogP) is 7.62. The van der Waals surface area contributed by atoms with Gasteiger partial charge in [0.05, 0.1) is 19.9 Å². The second kappa shape index (κ2) is 15.0. The lowest BCUT2D eigenvalue weighted by atomic mass is 9.93. The molecule has 0 aliphatic carbocycles. The Morgan fingerprint density at radius 1 is 0.880 bits per heavy atom. The van der Waals surface area contributed by atoms with Crippen molar-refractivity contribution in [3.63, 3.8) is 0 Å². The maximum Gasteiger partial charge on any atom is 0.271 e. The van der Waals surface area contributed by atoms with Crippen LogP contribution in [0.15, 0.2) is 120 Å². The molecule has 0 fully saturated rings. The Kier molecular flexibility index (Phi) is 10.1. The molecule has 2 amide bonds. The monoisotopic (exact) mass is 684 g/mol. The van der Waals surface area contributed by atoms with Crippen LogP contribution in [0.3, 0.4) is 0 Å². The molecule has 0 spiro atoms. The van der Waals surface area contributed by atoms with Crippen molar-refractivity contribution in [1.82, 2.24) is 14.7 Å². The van der Waals surface area contributed by atoms with Gasteiger partial charge < -0.3 is 14.2 Å². The van der Waals surface area contributed by atoms with Crippen molar-refractivity contribution in [3.05, 3.63) is 142 Å². The zero-order valence-electron chi connectivity index (χ0n) is 27.7. The number of carbonyl (C=O) groups is 2. The molecule has 1 aromatic heterocycles. The third-order valence-electron chi connectivity index (χ3n) is 8.42. The summed E-state index contributed by atoms with van der Waals surface area (Å²) in [5.74, 6) is 0.593. The standard InChI is InChI=1S/C40H33ClN4O5/c1-26-33(39(46)44(40(47)34(26)23-42)19-18-27-16-17-36(48-2)37(20-27)49-3)22-30-24-45(31-12-5-4-6-13-31)43-38(30)28-11-9-14-32(21-28)50-25-29-10-7-8-15-35(29)41/h4-17,20-22,24H,18-19,25H2,1-3H3/b33-22+. The third kappa shape index (κ3) is 7.02. The number of aromatic nitrogens is 2. The molecule has 5 aromatic rings. The first kappa shape index (κ1) is 33.8. The number of imide groups is 1. The molecule has 0 saturated heterocycles. The van der Waals surface area contributed by atoms with Crippen molar-refractivity contribution < 1.29 is 23.8 Å². The average Bonchev–Trinajstić information content (AvgIpc) is 3.57. The number of nitriles is 1. The summed E-state index contributed by atoms with van der Waals surface area (Å²) in [6.45, 7) is 1.96. The number of halogens is 1. The Balaban J connectivity index is 1.37. The number of amides is 2. The van der Waals surface area contributed by atoms with Gasteiger partial charge in [0.1, 0.15) is 29.7 Å². The number of nitrogens with zero attached hydrogens (tertiary/aromatic N) is 4. The van der Waals surface area contributed by atoms with Crippen molar-refractivity contribution in [2.75, 3.05) is 20.8 Å². The largest absolute Gasteiger partial charge is 0.493 e. The van der Waals surface area contributed by atoms with Gasteiger partial charge in [-0.3, -0.25) is 14.5 Å². The maximum atomic E-state index is 14.1. The molecule has 50 heavy (non-hydrogen) atoms. The van der Waals surface area contributed by atoms with Crippen LogP contribution in [-0.2, 0) is 22.6 Å². The number of hydrogen-bond acceptors (Lipinski definition) is 7. The van der Waals surface area contributed by atoms with E-state index in [1.54, 1.807) is 44.0 Å². The predicted molar refractivity (Wildman–Crippen MR) is 191 cm³/mol. The van der Waals surface area contributed by atoms with Gasteiger partial charge in [-0.2, -0.15) is 10.4 Å². The van der Waals surface area contributed by atoms with Gasteiger partial charge >= 0.3 is 0 Å². The number of hydrogen-bond donors (Lipinski definition) is 0. The van der Waals surface area contributed by atoms with Crippen LogP contribution in [0.2, 0.25) is 5.02 Å². The number of rotatable bonds is 11. The van der Waals surface area contributed by atoms with E-state index in [1.807, 2.05) is 97.2 Å². The van der Waals surface area contributed by atoms with Gasteiger partial charge in [0.2, 0.25) is 0 Å². The second-order valence-electron chi connectivity index (χ2n) is 11.5. The van der Waals surface area contributed by atoms with Gasteiger partial charge in [-0.05, 0) is 73.0 Å². The fourth-order valence-electron chi connectivity index (χ4n) is 5.71. The topological polar surface area (TPSA) is 107 Å². The van der Waals surface area contributed by atoms with Crippen LogP contribution in [0.5, 0.6) is 17.2 Å². The van der Waals surface area contributed by atoms with Crippen molar-refractivity contribution in [2.24, 2.45) is 0 Å². The molecule has 0 unspecified atom stereocenters. The fourth-order valence-corrected chi connectivity index (χ4v) is 5.90. The second-order valence-corrected chi connectivity index (χ2v) is 11.9. The van der Waals surface area contributed by atoms with E-state index in [0.29, 0.717) is 45.5 Å². The van der Waals surface area contributed by atoms with Gasteiger partial charge in [-0.15, -0.1) is 0 Å². The lowest BCUT2D eigenvalue weighted by molar-refractivity contribution is -0.140. The molecule has 9 nitrogen and oxygen atoms in total. The average molecular weight is 685 g/mol. The van der Waals surface area contributed by atoms with Crippen LogP contribution in [0.4, 0.5) is 0 Å². The molecule has 6 rings (SSSR count). The highest BCUT2D eigenvalue weighted by Gasteiger charge is 2.35. The summed E-state index contributed by atoms with van der Waals surface area (Å²) in [7, 11) is 3.10. The number of carbonyl (C=O) groups excluding carboxylic acids is 2. The number of para-hydroxylation sites is 1. The highest BCUT2D eigenvalue weighted by molar-refractivity contribution is 6.31. The van der Waals surface area contributed by atoms with E-state index in [0.717, 1.165) is 27.3 Å². The van der Waals surface area contributed by atoms with Crippen LogP contribution in [0, 0.1) is 11.3 Å². The quantitative estimate of drug-likeness (QED) is 0.104. The minimum atomic E-state index is -0.629. The number of ether oxygens (including phenoxy) is 3. The smallest absolute Gasteiger partial charge is 0.271 e. The summed E-state index contributed by atoms with van der Waals surface area (Å²) in [5, 5.41) is 15.6. The lowest BCUT2D eigenvalue weighted by Crippen LogP contribution is -2.43. The molecule has 0 N–H and O–H groups in total. The molecule has 0 saturated carbocycles. The van der Waals surface area contributed by atoms with Gasteiger partial charge in [-0.1, -0.05) is 66.2 Å². The zero-order valence-corrected chi connectivity index (χ0v) is 28.5. The molecule has 2 heterocycles. The molecule has 4 aromatic carbocycles. The summed E-state index contributed by atoms with van der Waals surface area (Å²) in [6.07, 6.45) is 3.87.